The van der Waals surface area contributed by atoms with E-state index in [1.807, 2.05) is 52.4 Å². The lowest BCUT2D eigenvalue weighted by Crippen LogP contribution is -2.35. The number of nitrogens with zero attached hydrogens (tertiary/aromatic N) is 4. The molecule has 0 saturated heterocycles. The number of para-hydroxylation sites is 1. The molecule has 0 aliphatic heterocycles. The number of benzene rings is 2. The minimum Gasteiger partial charge on any atom is -0.370 e. The first kappa shape index (κ1) is 23.7. The number of primary amides is 1. The molecule has 2 N–H and O–H groups in total. The SMILES string of the molecule is NC(=O)CCN(C(=O)CSc1nnc(Cc2cccs2)n1-c1ccccc1)c1ccc(F)cc1. The summed E-state index contributed by atoms with van der Waals surface area (Å²) in [4.78, 5) is 27.0. The van der Waals surface area contributed by atoms with Gasteiger partial charge in [-0.3, -0.25) is 14.2 Å². The number of hydrogen-bond donors (Lipinski definition) is 1. The smallest absolute Gasteiger partial charge is 0.237 e. The summed E-state index contributed by atoms with van der Waals surface area (Å²) in [5.41, 5.74) is 6.69. The number of hydrogen-bond acceptors (Lipinski definition) is 6. The first-order valence-corrected chi connectivity index (χ1v) is 12.4. The van der Waals surface area contributed by atoms with Gasteiger partial charge in [0.1, 0.15) is 11.6 Å². The highest BCUT2D eigenvalue weighted by atomic mass is 32.2. The van der Waals surface area contributed by atoms with E-state index in [1.165, 1.54) is 40.9 Å². The highest BCUT2D eigenvalue weighted by Crippen LogP contribution is 2.26. The van der Waals surface area contributed by atoms with Gasteiger partial charge in [0, 0.05) is 35.6 Å². The molecule has 174 valence electrons. The van der Waals surface area contributed by atoms with Crippen LogP contribution in [0.2, 0.25) is 0 Å². The molecule has 0 aliphatic carbocycles. The van der Waals surface area contributed by atoms with Crippen molar-refractivity contribution >= 4 is 40.6 Å². The van der Waals surface area contributed by atoms with E-state index in [2.05, 4.69) is 10.2 Å². The molecule has 0 fully saturated rings. The Kier molecular flexibility index (Phi) is 7.71. The molecule has 2 heterocycles. The fraction of sp³-hybridized carbons (Fsp3) is 0.167. The third-order valence-electron chi connectivity index (χ3n) is 4.97. The number of aromatic nitrogens is 3. The van der Waals surface area contributed by atoms with Crippen molar-refractivity contribution in [2.24, 2.45) is 5.73 Å². The average Bonchev–Trinajstić information content (AvgIpc) is 3.49. The number of carbonyl (C=O) groups is 2. The molecule has 4 rings (SSSR count). The van der Waals surface area contributed by atoms with Crippen molar-refractivity contribution in [2.45, 2.75) is 18.0 Å². The fourth-order valence-electron chi connectivity index (χ4n) is 3.36. The standard InChI is InChI=1S/C24H22FN5O2S2/c25-17-8-10-18(11-9-17)29(13-12-21(26)31)23(32)16-34-24-28-27-22(15-20-7-4-14-33-20)30(24)19-5-2-1-3-6-19/h1-11,14H,12-13,15-16H2,(H2,26,31). The molecular weight excluding hydrogens is 473 g/mol. The van der Waals surface area contributed by atoms with Crippen LogP contribution in [0.5, 0.6) is 0 Å². The molecule has 34 heavy (non-hydrogen) atoms. The maximum Gasteiger partial charge on any atom is 0.237 e. The van der Waals surface area contributed by atoms with Gasteiger partial charge in [-0.15, -0.1) is 21.5 Å². The van der Waals surface area contributed by atoms with Crippen molar-refractivity contribution in [3.8, 4) is 5.69 Å². The van der Waals surface area contributed by atoms with Gasteiger partial charge in [0.15, 0.2) is 5.16 Å². The van der Waals surface area contributed by atoms with E-state index in [1.54, 1.807) is 11.3 Å². The van der Waals surface area contributed by atoms with Crippen LogP contribution in [-0.2, 0) is 16.0 Å². The van der Waals surface area contributed by atoms with E-state index < -0.39 is 11.7 Å². The van der Waals surface area contributed by atoms with Gasteiger partial charge >= 0.3 is 0 Å². The molecule has 4 aromatic rings. The van der Waals surface area contributed by atoms with Gasteiger partial charge in [0.25, 0.3) is 0 Å². The van der Waals surface area contributed by atoms with Crippen LogP contribution in [0, 0.1) is 5.82 Å². The molecule has 0 saturated carbocycles. The van der Waals surface area contributed by atoms with Gasteiger partial charge in [-0.25, -0.2) is 4.39 Å². The van der Waals surface area contributed by atoms with Crippen molar-refractivity contribution in [3.63, 3.8) is 0 Å². The highest BCUT2D eigenvalue weighted by Gasteiger charge is 2.20. The van der Waals surface area contributed by atoms with Crippen LogP contribution in [0.4, 0.5) is 10.1 Å². The summed E-state index contributed by atoms with van der Waals surface area (Å²) < 4.78 is 15.3. The number of halogens is 1. The van der Waals surface area contributed by atoms with Gasteiger partial charge < -0.3 is 10.6 Å². The number of anilines is 1. The quantitative estimate of drug-likeness (QED) is 0.335. The molecule has 7 nitrogen and oxygen atoms in total. The summed E-state index contributed by atoms with van der Waals surface area (Å²) in [5, 5.41) is 11.3. The second-order valence-electron chi connectivity index (χ2n) is 7.35. The Labute approximate surface area is 204 Å². The monoisotopic (exact) mass is 495 g/mol. The molecule has 0 spiro atoms. The number of amides is 2. The van der Waals surface area contributed by atoms with Gasteiger partial charge in [-0.2, -0.15) is 0 Å². The molecule has 0 bridgehead atoms. The Balaban J connectivity index is 1.56. The number of rotatable bonds is 10. The van der Waals surface area contributed by atoms with E-state index in [-0.39, 0.29) is 24.6 Å². The lowest BCUT2D eigenvalue weighted by Gasteiger charge is -2.22. The topological polar surface area (TPSA) is 94.1 Å². The van der Waals surface area contributed by atoms with E-state index in [0.717, 1.165) is 16.4 Å². The van der Waals surface area contributed by atoms with Crippen molar-refractivity contribution in [1.82, 2.24) is 14.8 Å². The summed E-state index contributed by atoms with van der Waals surface area (Å²) in [7, 11) is 0. The third-order valence-corrected chi connectivity index (χ3v) is 6.76. The second kappa shape index (κ2) is 11.1. The van der Waals surface area contributed by atoms with Crippen molar-refractivity contribution in [1.29, 1.82) is 0 Å². The molecule has 0 aliphatic rings. The zero-order valence-corrected chi connectivity index (χ0v) is 19.8. The van der Waals surface area contributed by atoms with Crippen LogP contribution < -0.4 is 10.6 Å². The predicted molar refractivity (Wildman–Crippen MR) is 132 cm³/mol. The summed E-state index contributed by atoms with van der Waals surface area (Å²) in [5.74, 6) is -0.350. The average molecular weight is 496 g/mol. The van der Waals surface area contributed by atoms with E-state index >= 15 is 0 Å². The minimum atomic E-state index is -0.519. The molecular formula is C24H22FN5O2S2. The number of thiophene rings is 1. The second-order valence-corrected chi connectivity index (χ2v) is 9.33. The van der Waals surface area contributed by atoms with E-state index in [9.17, 15) is 14.0 Å². The van der Waals surface area contributed by atoms with Crippen LogP contribution in [-0.4, -0.2) is 38.9 Å². The Morgan fingerprint density at radius 1 is 1.03 bits per heavy atom. The van der Waals surface area contributed by atoms with E-state index in [4.69, 9.17) is 5.73 Å². The Hall–Kier alpha value is -3.50. The Bertz CT molecular complexity index is 1240. The molecule has 0 unspecified atom stereocenters. The number of thioether (sulfide) groups is 1. The summed E-state index contributed by atoms with van der Waals surface area (Å²) in [6.07, 6.45) is 0.618. The zero-order valence-electron chi connectivity index (χ0n) is 18.1. The molecule has 2 aromatic carbocycles. The summed E-state index contributed by atoms with van der Waals surface area (Å²) in [6.45, 7) is 0.107. The minimum absolute atomic E-state index is 0.00105. The number of carbonyl (C=O) groups excluding carboxylic acids is 2. The first-order chi connectivity index (χ1) is 16.5. The Morgan fingerprint density at radius 3 is 2.47 bits per heavy atom. The van der Waals surface area contributed by atoms with Crippen LogP contribution in [0.3, 0.4) is 0 Å². The van der Waals surface area contributed by atoms with Crippen LogP contribution >= 0.6 is 23.1 Å². The van der Waals surface area contributed by atoms with Gasteiger partial charge in [-0.1, -0.05) is 36.0 Å². The van der Waals surface area contributed by atoms with Gasteiger partial charge in [0.05, 0.1) is 5.75 Å². The van der Waals surface area contributed by atoms with Crippen molar-refractivity contribution in [3.05, 3.63) is 88.6 Å². The third kappa shape index (κ3) is 5.89. The van der Waals surface area contributed by atoms with Crippen LogP contribution in [0.15, 0.2) is 77.3 Å². The zero-order chi connectivity index (χ0) is 23.9. The largest absolute Gasteiger partial charge is 0.370 e. The first-order valence-electron chi connectivity index (χ1n) is 10.5. The lowest BCUT2D eigenvalue weighted by atomic mass is 10.2. The maximum absolute atomic E-state index is 13.4. The normalized spacial score (nSPS) is 10.9. The van der Waals surface area contributed by atoms with E-state index in [0.29, 0.717) is 17.3 Å². The fourth-order valence-corrected chi connectivity index (χ4v) is 4.91. The highest BCUT2D eigenvalue weighted by molar-refractivity contribution is 7.99. The lowest BCUT2D eigenvalue weighted by molar-refractivity contribution is -0.118. The van der Waals surface area contributed by atoms with Gasteiger partial charge in [0.2, 0.25) is 11.8 Å². The number of nitrogens with two attached hydrogens (primary N) is 1. The molecule has 2 amide bonds. The molecule has 0 atom stereocenters. The predicted octanol–water partition coefficient (Wildman–Crippen LogP) is 4.06. The van der Waals surface area contributed by atoms with Crippen molar-refractivity contribution < 1.29 is 14.0 Å². The summed E-state index contributed by atoms with van der Waals surface area (Å²) in [6, 6.07) is 19.3. The van der Waals surface area contributed by atoms with Crippen LogP contribution in [0.25, 0.3) is 5.69 Å². The molecule has 0 radical (unpaired) electrons. The van der Waals surface area contributed by atoms with Gasteiger partial charge in [-0.05, 0) is 47.8 Å². The summed E-state index contributed by atoms with van der Waals surface area (Å²) >= 11 is 2.90. The Morgan fingerprint density at radius 2 is 1.79 bits per heavy atom. The maximum atomic E-state index is 13.4. The molecule has 10 heteroatoms. The van der Waals surface area contributed by atoms with Crippen LogP contribution in [0.1, 0.15) is 17.1 Å². The molecule has 2 aromatic heterocycles. The van der Waals surface area contributed by atoms with Crippen molar-refractivity contribution in [2.75, 3.05) is 17.2 Å².